The molecule has 0 radical (unpaired) electrons. The van der Waals surface area contributed by atoms with E-state index < -0.39 is 17.7 Å². The lowest BCUT2D eigenvalue weighted by atomic mass is 10.3. The second-order valence-electron chi connectivity index (χ2n) is 4.28. The third kappa shape index (κ3) is 4.14. The van der Waals surface area contributed by atoms with E-state index in [1.807, 2.05) is 0 Å². The van der Waals surface area contributed by atoms with Gasteiger partial charge in [0.1, 0.15) is 18.5 Å². The number of hydrogen-bond acceptors (Lipinski definition) is 4. The maximum absolute atomic E-state index is 12.9. The first-order valence-electron chi connectivity index (χ1n) is 6.34. The maximum atomic E-state index is 12.9. The molecule has 2 N–H and O–H groups in total. The van der Waals surface area contributed by atoms with Crippen LogP contribution in [-0.2, 0) is 9.53 Å². The second kappa shape index (κ2) is 7.16. The molecule has 1 unspecified atom stereocenters. The van der Waals surface area contributed by atoms with Crippen molar-refractivity contribution >= 4 is 5.91 Å². The minimum absolute atomic E-state index is 0.164. The lowest BCUT2D eigenvalue weighted by Crippen LogP contribution is -2.48. The highest BCUT2D eigenvalue weighted by Gasteiger charge is 2.20. The summed E-state index contributed by atoms with van der Waals surface area (Å²) in [6.45, 7) is 2.15. The van der Waals surface area contributed by atoms with Gasteiger partial charge in [-0.2, -0.15) is 0 Å². The van der Waals surface area contributed by atoms with E-state index in [1.54, 1.807) is 0 Å². The zero-order valence-electron chi connectivity index (χ0n) is 10.8. The summed E-state index contributed by atoms with van der Waals surface area (Å²) in [4.78, 5) is 11.7. The summed E-state index contributed by atoms with van der Waals surface area (Å²) < 4.78 is 36.1. The van der Waals surface area contributed by atoms with Gasteiger partial charge in [-0.3, -0.25) is 4.79 Å². The summed E-state index contributed by atoms with van der Waals surface area (Å²) in [6, 6.07) is 3.28. The Morgan fingerprint density at radius 2 is 2.30 bits per heavy atom. The van der Waals surface area contributed by atoms with Crippen molar-refractivity contribution in [2.45, 2.75) is 6.10 Å². The van der Waals surface area contributed by atoms with Crippen LogP contribution in [0.15, 0.2) is 18.2 Å². The summed E-state index contributed by atoms with van der Waals surface area (Å²) in [6.07, 6.45) is -0.494. The van der Waals surface area contributed by atoms with E-state index in [2.05, 4.69) is 10.6 Å². The Hall–Kier alpha value is -1.73. The van der Waals surface area contributed by atoms with Gasteiger partial charge in [0.2, 0.25) is 0 Å². The molecule has 5 nitrogen and oxygen atoms in total. The molecule has 2 rings (SSSR count). The number of carbonyl (C=O) groups excluding carboxylic acids is 1. The molecule has 1 saturated heterocycles. The summed E-state index contributed by atoms with van der Waals surface area (Å²) >= 11 is 0. The number of morpholine rings is 1. The number of halogens is 2. The van der Waals surface area contributed by atoms with Crippen LogP contribution in [0.5, 0.6) is 5.75 Å². The third-order valence-electron chi connectivity index (χ3n) is 2.78. The fourth-order valence-corrected chi connectivity index (χ4v) is 1.76. The third-order valence-corrected chi connectivity index (χ3v) is 2.78. The van der Waals surface area contributed by atoms with Gasteiger partial charge in [-0.1, -0.05) is 0 Å². The van der Waals surface area contributed by atoms with Crippen LogP contribution >= 0.6 is 0 Å². The largest absolute Gasteiger partial charge is 0.492 e. The molecule has 1 aliphatic rings. The monoisotopic (exact) mass is 286 g/mol. The van der Waals surface area contributed by atoms with Crippen molar-refractivity contribution in [1.29, 1.82) is 0 Å². The molecule has 0 saturated carbocycles. The molecule has 1 aromatic carbocycles. The van der Waals surface area contributed by atoms with E-state index in [0.29, 0.717) is 13.2 Å². The molecule has 1 fully saturated rings. The normalized spacial score (nSPS) is 18.6. The van der Waals surface area contributed by atoms with Gasteiger partial charge in [0.15, 0.2) is 11.6 Å². The second-order valence-corrected chi connectivity index (χ2v) is 4.28. The van der Waals surface area contributed by atoms with Crippen LogP contribution in [0.3, 0.4) is 0 Å². The predicted octanol–water partition coefficient (Wildman–Crippen LogP) is 0.448. The zero-order valence-corrected chi connectivity index (χ0v) is 10.8. The van der Waals surface area contributed by atoms with Crippen molar-refractivity contribution in [3.05, 3.63) is 29.8 Å². The fraction of sp³-hybridized carbons (Fsp3) is 0.462. The SMILES string of the molecule is O=C(NCCOc1ccc(F)c(F)c1)C1CNCCO1. The van der Waals surface area contributed by atoms with Crippen LogP contribution in [0.25, 0.3) is 0 Å². The first-order valence-corrected chi connectivity index (χ1v) is 6.34. The minimum Gasteiger partial charge on any atom is -0.492 e. The van der Waals surface area contributed by atoms with E-state index in [4.69, 9.17) is 9.47 Å². The van der Waals surface area contributed by atoms with Gasteiger partial charge in [-0.15, -0.1) is 0 Å². The van der Waals surface area contributed by atoms with Gasteiger partial charge in [0, 0.05) is 19.2 Å². The van der Waals surface area contributed by atoms with E-state index >= 15 is 0 Å². The van der Waals surface area contributed by atoms with E-state index in [-0.39, 0.29) is 24.8 Å². The Morgan fingerprint density at radius 3 is 3.00 bits per heavy atom. The topological polar surface area (TPSA) is 59.6 Å². The zero-order chi connectivity index (χ0) is 14.4. The molecule has 0 aromatic heterocycles. The van der Waals surface area contributed by atoms with Crippen molar-refractivity contribution in [1.82, 2.24) is 10.6 Å². The molecule has 7 heteroatoms. The van der Waals surface area contributed by atoms with Crippen LogP contribution in [0.2, 0.25) is 0 Å². The van der Waals surface area contributed by atoms with Crippen LogP contribution in [0.1, 0.15) is 0 Å². The highest BCUT2D eigenvalue weighted by molar-refractivity contribution is 5.81. The Morgan fingerprint density at radius 1 is 1.45 bits per heavy atom. The van der Waals surface area contributed by atoms with Gasteiger partial charge in [-0.25, -0.2) is 8.78 Å². The minimum atomic E-state index is -0.965. The Bertz CT molecular complexity index is 465. The molecule has 1 aromatic rings. The highest BCUT2D eigenvalue weighted by Crippen LogP contribution is 2.14. The molecule has 1 atom stereocenters. The summed E-state index contributed by atoms with van der Waals surface area (Å²) in [5, 5.41) is 5.70. The average molecular weight is 286 g/mol. The van der Waals surface area contributed by atoms with Crippen molar-refractivity contribution < 1.29 is 23.0 Å². The predicted molar refractivity (Wildman–Crippen MR) is 67.5 cm³/mol. The summed E-state index contributed by atoms with van der Waals surface area (Å²) in [5.41, 5.74) is 0. The molecule has 0 bridgehead atoms. The fourth-order valence-electron chi connectivity index (χ4n) is 1.76. The smallest absolute Gasteiger partial charge is 0.250 e. The van der Waals surface area contributed by atoms with E-state index in [9.17, 15) is 13.6 Å². The van der Waals surface area contributed by atoms with Crippen molar-refractivity contribution in [2.75, 3.05) is 32.8 Å². The number of ether oxygens (including phenoxy) is 2. The van der Waals surface area contributed by atoms with Crippen LogP contribution < -0.4 is 15.4 Å². The molecule has 20 heavy (non-hydrogen) atoms. The molecule has 1 heterocycles. The number of hydrogen-bond donors (Lipinski definition) is 2. The van der Waals surface area contributed by atoms with Crippen molar-refractivity contribution in [3.8, 4) is 5.75 Å². The first kappa shape index (κ1) is 14.7. The first-order chi connectivity index (χ1) is 9.66. The number of benzene rings is 1. The average Bonchev–Trinajstić information content (AvgIpc) is 2.48. The van der Waals surface area contributed by atoms with Gasteiger partial charge in [-0.05, 0) is 12.1 Å². The number of rotatable bonds is 5. The molecule has 0 aliphatic carbocycles. The van der Waals surface area contributed by atoms with Gasteiger partial charge in [0.05, 0.1) is 13.2 Å². The lowest BCUT2D eigenvalue weighted by molar-refractivity contribution is -0.134. The van der Waals surface area contributed by atoms with E-state index in [0.717, 1.165) is 18.7 Å². The molecule has 1 amide bonds. The van der Waals surface area contributed by atoms with Gasteiger partial charge < -0.3 is 20.1 Å². The molecular formula is C13H16F2N2O3. The number of amides is 1. The Labute approximate surface area is 115 Å². The maximum Gasteiger partial charge on any atom is 0.250 e. The van der Waals surface area contributed by atoms with Crippen LogP contribution in [-0.4, -0.2) is 44.9 Å². The Balaban J connectivity index is 1.68. The van der Waals surface area contributed by atoms with Crippen molar-refractivity contribution in [3.63, 3.8) is 0 Å². The van der Waals surface area contributed by atoms with Gasteiger partial charge >= 0.3 is 0 Å². The number of nitrogens with one attached hydrogen (secondary N) is 2. The lowest BCUT2D eigenvalue weighted by Gasteiger charge is -2.22. The molecule has 110 valence electrons. The van der Waals surface area contributed by atoms with Crippen molar-refractivity contribution in [2.24, 2.45) is 0 Å². The van der Waals surface area contributed by atoms with Crippen LogP contribution in [0.4, 0.5) is 8.78 Å². The standard InChI is InChI=1S/C13H16F2N2O3/c14-10-2-1-9(7-11(10)15)19-6-4-17-13(18)12-8-16-3-5-20-12/h1-2,7,12,16H,3-6,8H2,(H,17,18). The number of carbonyl (C=O) groups is 1. The molecular weight excluding hydrogens is 270 g/mol. The molecule has 0 spiro atoms. The summed E-state index contributed by atoms with van der Waals surface area (Å²) in [5.74, 6) is -1.89. The summed E-state index contributed by atoms with van der Waals surface area (Å²) in [7, 11) is 0. The quantitative estimate of drug-likeness (QED) is 0.772. The van der Waals surface area contributed by atoms with Crippen LogP contribution in [0, 0.1) is 11.6 Å². The highest BCUT2D eigenvalue weighted by atomic mass is 19.2. The van der Waals surface area contributed by atoms with Gasteiger partial charge in [0.25, 0.3) is 5.91 Å². The Kier molecular flexibility index (Phi) is 5.25. The molecule has 1 aliphatic heterocycles. The van der Waals surface area contributed by atoms with E-state index in [1.165, 1.54) is 6.07 Å².